The summed E-state index contributed by atoms with van der Waals surface area (Å²) in [6, 6.07) is 5.16. The number of rotatable bonds is 6. The van der Waals surface area contributed by atoms with Crippen molar-refractivity contribution < 1.29 is 22.7 Å². The molecule has 1 aliphatic rings. The molecule has 1 fully saturated rings. The van der Waals surface area contributed by atoms with Gasteiger partial charge in [0.2, 0.25) is 5.91 Å². The average molecular weight is 367 g/mol. The third kappa shape index (κ3) is 4.54. The van der Waals surface area contributed by atoms with Gasteiger partial charge in [0.1, 0.15) is 11.5 Å². The molecule has 1 amide bonds. The van der Waals surface area contributed by atoms with E-state index in [4.69, 9.17) is 9.47 Å². The molecule has 6 nitrogen and oxygen atoms in total. The van der Waals surface area contributed by atoms with Crippen LogP contribution in [0.3, 0.4) is 0 Å². The molecular formula is C18H25NO5S. The summed E-state index contributed by atoms with van der Waals surface area (Å²) in [5, 5.41) is 0. The normalized spacial score (nSPS) is 19.5. The van der Waals surface area contributed by atoms with Gasteiger partial charge in [-0.25, -0.2) is 8.42 Å². The summed E-state index contributed by atoms with van der Waals surface area (Å²) < 4.78 is 33.9. The molecule has 1 heterocycles. The Morgan fingerprint density at radius 3 is 2.56 bits per heavy atom. The van der Waals surface area contributed by atoms with E-state index in [2.05, 4.69) is 0 Å². The van der Waals surface area contributed by atoms with Crippen molar-refractivity contribution in [3.8, 4) is 11.5 Å². The highest BCUT2D eigenvalue weighted by Gasteiger charge is 2.33. The second kappa shape index (κ2) is 7.91. The Bertz CT molecular complexity index is 770. The third-order valence-corrected chi connectivity index (χ3v) is 6.20. The van der Waals surface area contributed by atoms with E-state index < -0.39 is 9.84 Å². The lowest BCUT2D eigenvalue weighted by molar-refractivity contribution is -0.127. The molecule has 0 bridgehead atoms. The van der Waals surface area contributed by atoms with Crippen LogP contribution >= 0.6 is 0 Å². The Morgan fingerprint density at radius 1 is 1.32 bits per heavy atom. The maximum Gasteiger partial charge on any atom is 0.247 e. The van der Waals surface area contributed by atoms with Gasteiger partial charge in [-0.1, -0.05) is 0 Å². The second-order valence-electron chi connectivity index (χ2n) is 6.07. The third-order valence-electron chi connectivity index (χ3n) is 4.45. The van der Waals surface area contributed by atoms with Crippen molar-refractivity contribution in [1.82, 2.24) is 4.90 Å². The van der Waals surface area contributed by atoms with Crippen molar-refractivity contribution in [2.45, 2.75) is 26.3 Å². The molecule has 2 rings (SSSR count). The van der Waals surface area contributed by atoms with Crippen LogP contribution < -0.4 is 9.47 Å². The zero-order valence-electron chi connectivity index (χ0n) is 15.1. The summed E-state index contributed by atoms with van der Waals surface area (Å²) in [5.74, 6) is 1.31. The van der Waals surface area contributed by atoms with Crippen LogP contribution in [-0.4, -0.2) is 57.5 Å². The lowest BCUT2D eigenvalue weighted by Gasteiger charge is -2.26. The topological polar surface area (TPSA) is 72.9 Å². The predicted molar refractivity (Wildman–Crippen MR) is 97.6 cm³/mol. The number of hydrogen-bond donors (Lipinski definition) is 0. The van der Waals surface area contributed by atoms with Gasteiger partial charge < -0.3 is 14.4 Å². The van der Waals surface area contributed by atoms with Crippen molar-refractivity contribution in [2.75, 3.05) is 32.3 Å². The first kappa shape index (κ1) is 19.3. The Labute approximate surface area is 149 Å². The lowest BCUT2D eigenvalue weighted by atomic mass is 10.0. The number of carbonyl (C=O) groups is 1. The van der Waals surface area contributed by atoms with E-state index in [0.29, 0.717) is 24.5 Å². The maximum absolute atomic E-state index is 12.7. The van der Waals surface area contributed by atoms with Crippen LogP contribution in [-0.2, 0) is 14.6 Å². The molecule has 25 heavy (non-hydrogen) atoms. The average Bonchev–Trinajstić information content (AvgIpc) is 2.94. The monoisotopic (exact) mass is 367 g/mol. The Kier molecular flexibility index (Phi) is 6.11. The summed E-state index contributed by atoms with van der Waals surface area (Å²) >= 11 is 0. The highest BCUT2D eigenvalue weighted by atomic mass is 32.2. The predicted octanol–water partition coefficient (Wildman–Crippen LogP) is 2.14. The van der Waals surface area contributed by atoms with Gasteiger partial charge in [0.25, 0.3) is 0 Å². The first-order valence-corrected chi connectivity index (χ1v) is 10.0. The number of nitrogens with zero attached hydrogens (tertiary/aromatic N) is 1. The number of ether oxygens (including phenoxy) is 2. The lowest BCUT2D eigenvalue weighted by Crippen LogP contribution is -2.40. The summed E-state index contributed by atoms with van der Waals surface area (Å²) in [7, 11) is 0.112. The van der Waals surface area contributed by atoms with Crippen LogP contribution in [0.5, 0.6) is 11.5 Å². The van der Waals surface area contributed by atoms with Gasteiger partial charge in [0.05, 0.1) is 25.7 Å². The van der Waals surface area contributed by atoms with Gasteiger partial charge in [0, 0.05) is 30.3 Å². The number of sulfone groups is 1. The summed E-state index contributed by atoms with van der Waals surface area (Å²) in [6.45, 7) is 4.17. The molecule has 0 spiro atoms. The van der Waals surface area contributed by atoms with Crippen LogP contribution in [0, 0.1) is 0 Å². The minimum atomic E-state index is -3.03. The number of methoxy groups -OCH3 is 2. The number of likely N-dealkylation sites (N-methyl/N-ethyl adjacent to an activating group) is 1. The molecule has 1 aromatic carbocycles. The SMILES string of the molecule is CCN(C(=O)/C=C(\C)c1ccc(OC)cc1OC)C1CCS(=O)(=O)C1. The van der Waals surface area contributed by atoms with E-state index >= 15 is 0 Å². The van der Waals surface area contributed by atoms with E-state index in [1.165, 1.54) is 0 Å². The number of hydrogen-bond acceptors (Lipinski definition) is 5. The van der Waals surface area contributed by atoms with Gasteiger partial charge >= 0.3 is 0 Å². The van der Waals surface area contributed by atoms with Crippen LogP contribution in [0.15, 0.2) is 24.3 Å². The van der Waals surface area contributed by atoms with Crippen LogP contribution in [0.4, 0.5) is 0 Å². The smallest absolute Gasteiger partial charge is 0.247 e. The molecule has 1 unspecified atom stereocenters. The zero-order chi connectivity index (χ0) is 18.6. The fraction of sp³-hybridized carbons (Fsp3) is 0.500. The fourth-order valence-corrected chi connectivity index (χ4v) is 4.82. The first-order chi connectivity index (χ1) is 11.8. The number of benzene rings is 1. The van der Waals surface area contributed by atoms with Gasteiger partial charge in [0.15, 0.2) is 9.84 Å². The van der Waals surface area contributed by atoms with Crippen LogP contribution in [0.25, 0.3) is 5.57 Å². The Balaban J connectivity index is 2.24. The van der Waals surface area contributed by atoms with Crippen molar-refractivity contribution in [1.29, 1.82) is 0 Å². The highest BCUT2D eigenvalue weighted by molar-refractivity contribution is 7.91. The molecule has 0 aromatic heterocycles. The minimum absolute atomic E-state index is 0.0469. The number of carbonyl (C=O) groups excluding carboxylic acids is 1. The van der Waals surface area contributed by atoms with Gasteiger partial charge in [-0.05, 0) is 38.0 Å². The molecule has 1 aliphatic heterocycles. The zero-order valence-corrected chi connectivity index (χ0v) is 15.9. The molecule has 138 valence electrons. The standard InChI is InChI=1S/C18H25NO5S/c1-5-19(14-8-9-25(21,22)12-14)18(20)10-13(2)16-7-6-15(23-3)11-17(16)24-4/h6-7,10-11,14H,5,8-9,12H2,1-4H3/b13-10+. The summed E-state index contributed by atoms with van der Waals surface area (Å²) in [6.07, 6.45) is 2.04. The molecule has 0 aliphatic carbocycles. The molecule has 7 heteroatoms. The fourth-order valence-electron chi connectivity index (χ4n) is 3.09. The largest absolute Gasteiger partial charge is 0.497 e. The van der Waals surface area contributed by atoms with Crippen molar-refractivity contribution in [3.63, 3.8) is 0 Å². The van der Waals surface area contributed by atoms with Gasteiger partial charge in [-0.2, -0.15) is 0 Å². The van der Waals surface area contributed by atoms with Crippen LogP contribution in [0.1, 0.15) is 25.8 Å². The maximum atomic E-state index is 12.7. The molecule has 0 radical (unpaired) electrons. The van der Waals surface area contributed by atoms with Gasteiger partial charge in [-0.15, -0.1) is 0 Å². The van der Waals surface area contributed by atoms with E-state index in [1.807, 2.05) is 19.9 Å². The van der Waals surface area contributed by atoms with Crippen molar-refractivity contribution in [2.24, 2.45) is 0 Å². The first-order valence-electron chi connectivity index (χ1n) is 8.23. The number of amides is 1. The summed E-state index contributed by atoms with van der Waals surface area (Å²) in [4.78, 5) is 14.3. The molecular weight excluding hydrogens is 342 g/mol. The minimum Gasteiger partial charge on any atom is -0.497 e. The Morgan fingerprint density at radius 2 is 2.04 bits per heavy atom. The van der Waals surface area contributed by atoms with Crippen LogP contribution in [0.2, 0.25) is 0 Å². The molecule has 1 atom stereocenters. The molecule has 0 saturated carbocycles. The summed E-state index contributed by atoms with van der Waals surface area (Å²) in [5.41, 5.74) is 1.55. The molecule has 1 saturated heterocycles. The van der Waals surface area contributed by atoms with Crippen molar-refractivity contribution in [3.05, 3.63) is 29.8 Å². The van der Waals surface area contributed by atoms with E-state index in [1.54, 1.807) is 37.3 Å². The quantitative estimate of drug-likeness (QED) is 0.720. The van der Waals surface area contributed by atoms with Gasteiger partial charge in [-0.3, -0.25) is 4.79 Å². The molecule has 0 N–H and O–H groups in total. The number of allylic oxidation sites excluding steroid dienone is 1. The highest BCUT2D eigenvalue weighted by Crippen LogP contribution is 2.30. The van der Waals surface area contributed by atoms with E-state index in [0.717, 1.165) is 11.1 Å². The molecule has 1 aromatic rings. The van der Waals surface area contributed by atoms with Crippen molar-refractivity contribution >= 4 is 21.3 Å². The van der Waals surface area contributed by atoms with E-state index in [9.17, 15) is 13.2 Å². The van der Waals surface area contributed by atoms with E-state index in [-0.39, 0.29) is 23.5 Å². The Hall–Kier alpha value is -2.02. The second-order valence-corrected chi connectivity index (χ2v) is 8.30.